The number of ether oxygens (including phenoxy) is 1. The fourth-order valence-corrected chi connectivity index (χ4v) is 4.15. The smallest absolute Gasteiger partial charge is 0.227 e. The number of methoxy groups -OCH3 is 1. The summed E-state index contributed by atoms with van der Waals surface area (Å²) in [5.41, 5.74) is 1.67. The van der Waals surface area contributed by atoms with E-state index in [1.807, 2.05) is 12.1 Å². The molecule has 2 aromatic heterocycles. The molecule has 0 saturated carbocycles. The van der Waals surface area contributed by atoms with Gasteiger partial charge >= 0.3 is 0 Å². The molecule has 160 valence electrons. The Kier molecular flexibility index (Phi) is 5.59. The second-order valence-electron chi connectivity index (χ2n) is 7.93. The van der Waals surface area contributed by atoms with Gasteiger partial charge in [0, 0.05) is 24.5 Å². The molecule has 31 heavy (non-hydrogen) atoms. The normalized spacial score (nSPS) is 16.5. The monoisotopic (exact) mass is 418 g/mol. The number of likely N-dealkylation sites (tertiary alicyclic amines) is 1. The van der Waals surface area contributed by atoms with Gasteiger partial charge in [0.1, 0.15) is 17.8 Å². The summed E-state index contributed by atoms with van der Waals surface area (Å²) >= 11 is 0. The first-order valence-corrected chi connectivity index (χ1v) is 10.8. The Labute approximate surface area is 181 Å². The quantitative estimate of drug-likeness (QED) is 0.632. The molecule has 1 aromatic carbocycles. The predicted octanol–water partition coefficient (Wildman–Crippen LogP) is 3.42. The van der Waals surface area contributed by atoms with Gasteiger partial charge in [0.2, 0.25) is 5.95 Å². The highest BCUT2D eigenvalue weighted by Gasteiger charge is 2.19. The van der Waals surface area contributed by atoms with E-state index in [0.717, 1.165) is 68.0 Å². The number of fused-ring (bicyclic) bond motifs is 1. The summed E-state index contributed by atoms with van der Waals surface area (Å²) in [6.45, 7) is 4.98. The lowest BCUT2D eigenvalue weighted by Crippen LogP contribution is -2.21. The third-order valence-corrected chi connectivity index (χ3v) is 5.80. The molecule has 0 aliphatic carbocycles. The summed E-state index contributed by atoms with van der Waals surface area (Å²) in [4.78, 5) is 14.3. The Morgan fingerprint density at radius 2 is 1.90 bits per heavy atom. The van der Waals surface area contributed by atoms with E-state index in [1.165, 1.54) is 19.1 Å². The molecular weight excluding hydrogens is 392 g/mol. The zero-order valence-electron chi connectivity index (χ0n) is 17.7. The van der Waals surface area contributed by atoms with E-state index in [4.69, 9.17) is 19.2 Å². The van der Waals surface area contributed by atoms with Crippen molar-refractivity contribution in [2.24, 2.45) is 0 Å². The molecule has 0 atom stereocenters. The fourth-order valence-electron chi connectivity index (χ4n) is 4.15. The van der Waals surface area contributed by atoms with E-state index < -0.39 is 0 Å². The van der Waals surface area contributed by atoms with Crippen LogP contribution in [-0.2, 0) is 0 Å². The minimum absolute atomic E-state index is 0.598. The topological polar surface area (TPSA) is 79.5 Å². The zero-order chi connectivity index (χ0) is 21.0. The molecule has 8 nitrogen and oxygen atoms in total. The second kappa shape index (κ2) is 8.82. The Morgan fingerprint density at radius 1 is 1.10 bits per heavy atom. The van der Waals surface area contributed by atoms with Gasteiger partial charge in [-0.15, -0.1) is 0 Å². The van der Waals surface area contributed by atoms with Crippen LogP contribution in [-0.4, -0.2) is 59.9 Å². The van der Waals surface area contributed by atoms with E-state index in [-0.39, 0.29) is 0 Å². The van der Waals surface area contributed by atoms with Crippen molar-refractivity contribution in [3.63, 3.8) is 0 Å². The van der Waals surface area contributed by atoms with Crippen LogP contribution >= 0.6 is 0 Å². The minimum Gasteiger partial charge on any atom is -0.495 e. The Morgan fingerprint density at radius 3 is 2.65 bits per heavy atom. The molecule has 2 saturated heterocycles. The van der Waals surface area contributed by atoms with Crippen molar-refractivity contribution < 1.29 is 9.26 Å². The molecule has 2 aliphatic heterocycles. The van der Waals surface area contributed by atoms with Crippen molar-refractivity contribution in [1.29, 1.82) is 0 Å². The van der Waals surface area contributed by atoms with Gasteiger partial charge in [-0.05, 0) is 50.9 Å². The molecule has 0 radical (unpaired) electrons. The van der Waals surface area contributed by atoms with Gasteiger partial charge in [0.05, 0.1) is 24.7 Å². The molecule has 3 aromatic rings. The molecule has 4 heterocycles. The third-order valence-electron chi connectivity index (χ3n) is 5.80. The number of aromatic nitrogens is 3. The van der Waals surface area contributed by atoms with Gasteiger partial charge in [-0.25, -0.2) is 4.98 Å². The van der Waals surface area contributed by atoms with Crippen LogP contribution in [0.4, 0.5) is 17.6 Å². The lowest BCUT2D eigenvalue weighted by atomic mass is 10.1. The van der Waals surface area contributed by atoms with E-state index in [0.29, 0.717) is 17.4 Å². The van der Waals surface area contributed by atoms with Crippen LogP contribution in [0, 0.1) is 11.8 Å². The van der Waals surface area contributed by atoms with Gasteiger partial charge in [-0.1, -0.05) is 17.0 Å². The Balaban J connectivity index is 1.55. The van der Waals surface area contributed by atoms with Crippen LogP contribution in [0.1, 0.15) is 31.2 Å². The summed E-state index contributed by atoms with van der Waals surface area (Å²) in [5, 5.41) is 8.08. The first kappa shape index (κ1) is 19.6. The standard InChI is InChI=1S/C23H26N6O2/c1-30-20-16-18-19(15-17(20)7-6-11-28-9-2-3-10-28)24-23(29-12-4-5-13-29)26-22(18)25-21-8-14-31-27-21/h8,14-16H,2-5,9-13H2,1H3,(H,24,25,26,27). The summed E-state index contributed by atoms with van der Waals surface area (Å²) in [6, 6.07) is 5.71. The molecule has 0 unspecified atom stereocenters. The van der Waals surface area contributed by atoms with Crippen LogP contribution in [0.2, 0.25) is 0 Å². The molecule has 2 aliphatic rings. The van der Waals surface area contributed by atoms with Gasteiger partial charge in [0.25, 0.3) is 0 Å². The predicted molar refractivity (Wildman–Crippen MR) is 120 cm³/mol. The van der Waals surface area contributed by atoms with Crippen LogP contribution < -0.4 is 15.0 Å². The number of benzene rings is 1. The highest BCUT2D eigenvalue weighted by atomic mass is 16.5. The average Bonchev–Trinajstić information content (AvgIpc) is 3.56. The van der Waals surface area contributed by atoms with E-state index in [1.54, 1.807) is 13.2 Å². The van der Waals surface area contributed by atoms with Crippen LogP contribution in [0.15, 0.2) is 29.0 Å². The number of hydrogen-bond acceptors (Lipinski definition) is 8. The summed E-state index contributed by atoms with van der Waals surface area (Å²) in [5.74, 6) is 9.31. The van der Waals surface area contributed by atoms with Crippen molar-refractivity contribution in [1.82, 2.24) is 20.0 Å². The number of anilines is 3. The first-order valence-electron chi connectivity index (χ1n) is 10.8. The molecule has 8 heteroatoms. The largest absolute Gasteiger partial charge is 0.495 e. The fraction of sp³-hybridized carbons (Fsp3) is 0.435. The van der Waals surface area contributed by atoms with E-state index in [9.17, 15) is 0 Å². The highest BCUT2D eigenvalue weighted by molar-refractivity contribution is 5.94. The molecule has 0 amide bonds. The van der Waals surface area contributed by atoms with Crippen molar-refractivity contribution in [2.45, 2.75) is 25.7 Å². The van der Waals surface area contributed by atoms with E-state index in [2.05, 4.69) is 32.1 Å². The molecule has 5 rings (SSSR count). The van der Waals surface area contributed by atoms with Crippen molar-refractivity contribution >= 4 is 28.5 Å². The van der Waals surface area contributed by atoms with Gasteiger partial charge < -0.3 is 19.5 Å². The number of nitrogens with one attached hydrogen (secondary N) is 1. The molecular formula is C23H26N6O2. The van der Waals surface area contributed by atoms with Gasteiger partial charge in [-0.2, -0.15) is 4.98 Å². The SMILES string of the molecule is COc1cc2c(Nc3ccon3)nc(N3CCCC3)nc2cc1C#CCN1CCCC1. The maximum absolute atomic E-state index is 5.65. The molecule has 2 fully saturated rings. The Hall–Kier alpha value is -3.31. The molecule has 0 spiro atoms. The third kappa shape index (κ3) is 4.28. The van der Waals surface area contributed by atoms with Crippen molar-refractivity contribution in [2.75, 3.05) is 50.1 Å². The Bertz CT molecular complexity index is 1110. The van der Waals surface area contributed by atoms with Crippen LogP contribution in [0.3, 0.4) is 0 Å². The second-order valence-corrected chi connectivity index (χ2v) is 7.93. The van der Waals surface area contributed by atoms with E-state index >= 15 is 0 Å². The maximum atomic E-state index is 5.65. The van der Waals surface area contributed by atoms with Crippen LogP contribution in [0.5, 0.6) is 5.75 Å². The lowest BCUT2D eigenvalue weighted by molar-refractivity contribution is 0.383. The van der Waals surface area contributed by atoms with Gasteiger partial charge in [-0.3, -0.25) is 4.90 Å². The molecule has 1 N–H and O–H groups in total. The first-order chi connectivity index (χ1) is 15.3. The average molecular weight is 419 g/mol. The number of nitrogens with zero attached hydrogens (tertiary/aromatic N) is 5. The summed E-state index contributed by atoms with van der Waals surface area (Å²) < 4.78 is 10.6. The van der Waals surface area contributed by atoms with Gasteiger partial charge in [0.15, 0.2) is 5.82 Å². The molecule has 0 bridgehead atoms. The minimum atomic E-state index is 0.598. The lowest BCUT2D eigenvalue weighted by Gasteiger charge is -2.18. The maximum Gasteiger partial charge on any atom is 0.227 e. The zero-order valence-corrected chi connectivity index (χ0v) is 17.7. The summed E-state index contributed by atoms with van der Waals surface area (Å²) in [7, 11) is 1.66. The van der Waals surface area contributed by atoms with Crippen LogP contribution in [0.25, 0.3) is 10.9 Å². The summed E-state index contributed by atoms with van der Waals surface area (Å²) in [6.07, 6.45) is 6.37. The number of rotatable bonds is 5. The van der Waals surface area contributed by atoms with Crippen molar-refractivity contribution in [3.8, 4) is 17.6 Å². The highest BCUT2D eigenvalue weighted by Crippen LogP contribution is 2.32. The van der Waals surface area contributed by atoms with Crippen molar-refractivity contribution in [3.05, 3.63) is 30.0 Å². The number of hydrogen-bond donors (Lipinski definition) is 1.